The molecule has 1 amide bonds. The van der Waals surface area contributed by atoms with Crippen molar-refractivity contribution in [3.05, 3.63) is 29.0 Å². The van der Waals surface area contributed by atoms with Gasteiger partial charge in [0.2, 0.25) is 5.91 Å². The Morgan fingerprint density at radius 2 is 2.19 bits per heavy atom. The van der Waals surface area contributed by atoms with Crippen molar-refractivity contribution in [1.82, 2.24) is 10.5 Å². The first-order valence-corrected chi connectivity index (χ1v) is 7.31. The van der Waals surface area contributed by atoms with E-state index >= 15 is 0 Å². The van der Waals surface area contributed by atoms with Crippen LogP contribution in [0.4, 0.5) is 0 Å². The molecule has 0 saturated heterocycles. The molecule has 0 fully saturated rings. The summed E-state index contributed by atoms with van der Waals surface area (Å²) in [5.41, 5.74) is 3.66. The number of carbonyl (C=O) groups excluding carboxylic acids is 1. The number of benzene rings is 1. The lowest BCUT2D eigenvalue weighted by Crippen LogP contribution is -2.27. The number of ether oxygens (including phenoxy) is 1. The lowest BCUT2D eigenvalue weighted by atomic mass is 10.0. The van der Waals surface area contributed by atoms with Crippen molar-refractivity contribution in [3.63, 3.8) is 0 Å². The van der Waals surface area contributed by atoms with Crippen LogP contribution in [0.15, 0.2) is 16.7 Å². The number of fused-ring (bicyclic) bond motifs is 1. The Balaban J connectivity index is 1.95. The van der Waals surface area contributed by atoms with Gasteiger partial charge in [0.15, 0.2) is 5.58 Å². The van der Waals surface area contributed by atoms with E-state index in [1.807, 2.05) is 26.8 Å². The van der Waals surface area contributed by atoms with Crippen LogP contribution in [-0.4, -0.2) is 30.8 Å². The summed E-state index contributed by atoms with van der Waals surface area (Å²) in [5.74, 6) is -0.0401. The van der Waals surface area contributed by atoms with E-state index in [4.69, 9.17) is 9.26 Å². The summed E-state index contributed by atoms with van der Waals surface area (Å²) >= 11 is 0. The van der Waals surface area contributed by atoms with E-state index < -0.39 is 0 Å². The van der Waals surface area contributed by atoms with Gasteiger partial charge in [-0.3, -0.25) is 4.79 Å². The van der Waals surface area contributed by atoms with Crippen molar-refractivity contribution in [1.29, 1.82) is 0 Å². The van der Waals surface area contributed by atoms with Crippen molar-refractivity contribution in [3.8, 4) is 0 Å². The largest absolute Gasteiger partial charge is 0.382 e. The van der Waals surface area contributed by atoms with Gasteiger partial charge < -0.3 is 14.6 Å². The minimum Gasteiger partial charge on any atom is -0.382 e. The predicted octanol–water partition coefficient (Wildman–Crippen LogP) is 2.53. The molecule has 0 bridgehead atoms. The van der Waals surface area contributed by atoms with E-state index in [0.717, 1.165) is 28.5 Å². The monoisotopic (exact) mass is 290 g/mol. The quantitative estimate of drug-likeness (QED) is 0.796. The standard InChI is InChI=1S/C16H22N2O3/c1-4-20-7-5-6-17-15(19)10-13-16-12(3)8-11(2)9-14(16)21-18-13/h8-9H,4-7,10H2,1-3H3,(H,17,19). The number of rotatable bonds is 7. The smallest absolute Gasteiger partial charge is 0.226 e. The number of hydrogen-bond donors (Lipinski definition) is 1. The van der Waals surface area contributed by atoms with Gasteiger partial charge in [-0.2, -0.15) is 0 Å². The Labute approximate surface area is 124 Å². The Morgan fingerprint density at radius 3 is 2.95 bits per heavy atom. The highest BCUT2D eigenvalue weighted by atomic mass is 16.5. The van der Waals surface area contributed by atoms with E-state index in [1.54, 1.807) is 0 Å². The summed E-state index contributed by atoms with van der Waals surface area (Å²) < 4.78 is 10.5. The van der Waals surface area contributed by atoms with Crippen LogP contribution in [0.1, 0.15) is 30.2 Å². The topological polar surface area (TPSA) is 64.4 Å². The van der Waals surface area contributed by atoms with Crippen LogP contribution in [0.2, 0.25) is 0 Å². The maximum Gasteiger partial charge on any atom is 0.226 e. The van der Waals surface area contributed by atoms with Crippen LogP contribution in [0.5, 0.6) is 0 Å². The summed E-state index contributed by atoms with van der Waals surface area (Å²) in [4.78, 5) is 11.9. The Kier molecular flexibility index (Phi) is 5.33. The van der Waals surface area contributed by atoms with Gasteiger partial charge in [-0.1, -0.05) is 11.2 Å². The molecule has 0 atom stereocenters. The fraction of sp³-hybridized carbons (Fsp3) is 0.500. The summed E-state index contributed by atoms with van der Waals surface area (Å²) in [7, 11) is 0. The van der Waals surface area contributed by atoms with Crippen LogP contribution in [0, 0.1) is 13.8 Å². The molecule has 2 aromatic rings. The lowest BCUT2D eigenvalue weighted by Gasteiger charge is -2.04. The van der Waals surface area contributed by atoms with Gasteiger partial charge in [0.25, 0.3) is 0 Å². The second kappa shape index (κ2) is 7.22. The molecule has 0 aliphatic rings. The molecule has 1 heterocycles. The van der Waals surface area contributed by atoms with Crippen LogP contribution in [-0.2, 0) is 16.0 Å². The molecule has 114 valence electrons. The number of amides is 1. The highest BCUT2D eigenvalue weighted by Gasteiger charge is 2.14. The Hall–Kier alpha value is -1.88. The van der Waals surface area contributed by atoms with E-state index in [-0.39, 0.29) is 12.3 Å². The highest BCUT2D eigenvalue weighted by Crippen LogP contribution is 2.24. The molecule has 1 aromatic carbocycles. The van der Waals surface area contributed by atoms with Crippen LogP contribution in [0.3, 0.4) is 0 Å². The zero-order chi connectivity index (χ0) is 15.2. The second-order valence-electron chi connectivity index (χ2n) is 5.16. The summed E-state index contributed by atoms with van der Waals surface area (Å²) in [6.45, 7) is 7.97. The SMILES string of the molecule is CCOCCCNC(=O)Cc1noc2cc(C)cc(C)c12. The fourth-order valence-corrected chi connectivity index (χ4v) is 2.40. The van der Waals surface area contributed by atoms with Gasteiger partial charge in [-0.05, 0) is 44.4 Å². The summed E-state index contributed by atoms with van der Waals surface area (Å²) in [5, 5.41) is 7.86. The van der Waals surface area contributed by atoms with Crippen molar-refractivity contribution in [2.45, 2.75) is 33.6 Å². The molecular weight excluding hydrogens is 268 g/mol. The number of aryl methyl sites for hydroxylation is 2. The predicted molar refractivity (Wildman–Crippen MR) is 81.3 cm³/mol. The van der Waals surface area contributed by atoms with Crippen LogP contribution >= 0.6 is 0 Å². The van der Waals surface area contributed by atoms with E-state index in [2.05, 4.69) is 16.5 Å². The normalized spacial score (nSPS) is 11.0. The molecule has 1 aromatic heterocycles. The molecule has 0 aliphatic carbocycles. The fourth-order valence-electron chi connectivity index (χ4n) is 2.40. The van der Waals surface area contributed by atoms with Gasteiger partial charge in [0.05, 0.1) is 6.42 Å². The van der Waals surface area contributed by atoms with Crippen molar-refractivity contribution in [2.75, 3.05) is 19.8 Å². The number of aromatic nitrogens is 1. The molecule has 21 heavy (non-hydrogen) atoms. The zero-order valence-corrected chi connectivity index (χ0v) is 12.9. The first kappa shape index (κ1) is 15.5. The number of nitrogens with zero attached hydrogens (tertiary/aromatic N) is 1. The Bertz CT molecular complexity index is 619. The second-order valence-corrected chi connectivity index (χ2v) is 5.16. The van der Waals surface area contributed by atoms with Crippen molar-refractivity contribution >= 4 is 16.9 Å². The molecule has 0 unspecified atom stereocenters. The third-order valence-electron chi connectivity index (χ3n) is 3.31. The van der Waals surface area contributed by atoms with Gasteiger partial charge in [-0.15, -0.1) is 0 Å². The maximum absolute atomic E-state index is 11.9. The van der Waals surface area contributed by atoms with Crippen LogP contribution in [0.25, 0.3) is 11.0 Å². The molecule has 5 heteroatoms. The van der Waals surface area contributed by atoms with Crippen molar-refractivity contribution in [2.24, 2.45) is 0 Å². The van der Waals surface area contributed by atoms with Crippen LogP contribution < -0.4 is 5.32 Å². The summed E-state index contributed by atoms with van der Waals surface area (Å²) in [6.07, 6.45) is 1.06. The molecular formula is C16H22N2O3. The minimum atomic E-state index is -0.0401. The van der Waals surface area contributed by atoms with Gasteiger partial charge in [0, 0.05) is 25.1 Å². The zero-order valence-electron chi connectivity index (χ0n) is 12.9. The Morgan fingerprint density at radius 1 is 1.38 bits per heavy atom. The minimum absolute atomic E-state index is 0.0401. The van der Waals surface area contributed by atoms with E-state index in [0.29, 0.717) is 25.5 Å². The van der Waals surface area contributed by atoms with Gasteiger partial charge in [0.1, 0.15) is 5.69 Å². The average Bonchev–Trinajstić information content (AvgIpc) is 2.81. The molecule has 0 saturated carbocycles. The molecule has 5 nitrogen and oxygen atoms in total. The molecule has 1 N–H and O–H groups in total. The maximum atomic E-state index is 11.9. The first-order chi connectivity index (χ1) is 10.1. The third-order valence-corrected chi connectivity index (χ3v) is 3.31. The number of nitrogens with one attached hydrogen (secondary N) is 1. The lowest BCUT2D eigenvalue weighted by molar-refractivity contribution is -0.120. The van der Waals surface area contributed by atoms with Crippen molar-refractivity contribution < 1.29 is 14.1 Å². The number of carbonyl (C=O) groups is 1. The average molecular weight is 290 g/mol. The molecule has 2 rings (SSSR count). The van der Waals surface area contributed by atoms with Gasteiger partial charge >= 0.3 is 0 Å². The third kappa shape index (κ3) is 4.04. The molecule has 0 aliphatic heterocycles. The first-order valence-electron chi connectivity index (χ1n) is 7.31. The van der Waals surface area contributed by atoms with Gasteiger partial charge in [-0.25, -0.2) is 0 Å². The van der Waals surface area contributed by atoms with E-state index in [9.17, 15) is 4.79 Å². The molecule has 0 spiro atoms. The summed E-state index contributed by atoms with van der Waals surface area (Å²) in [6, 6.07) is 4.02. The van der Waals surface area contributed by atoms with E-state index in [1.165, 1.54) is 0 Å². The molecule has 0 radical (unpaired) electrons. The highest BCUT2D eigenvalue weighted by molar-refractivity contribution is 5.88. The number of hydrogen-bond acceptors (Lipinski definition) is 4.